The van der Waals surface area contributed by atoms with E-state index in [1.54, 1.807) is 70.5 Å². The molecule has 0 saturated heterocycles. The van der Waals surface area contributed by atoms with Crippen molar-refractivity contribution in [1.82, 2.24) is 0 Å². The minimum absolute atomic E-state index is 0.0473. The number of amides is 4. The number of aryl methyl sites for hydroxylation is 2. The molecular weight excluding hydrogens is 572 g/mol. The van der Waals surface area contributed by atoms with Gasteiger partial charge in [-0.2, -0.15) is 0 Å². The molecule has 0 atom stereocenters. The van der Waals surface area contributed by atoms with Gasteiger partial charge in [0.05, 0.1) is 30.6 Å². The number of aliphatic carboxylic acids is 1. The van der Waals surface area contributed by atoms with E-state index in [-0.39, 0.29) is 37.7 Å². The predicted molar refractivity (Wildman–Crippen MR) is 173 cm³/mol. The van der Waals surface area contributed by atoms with Crippen molar-refractivity contribution in [2.75, 3.05) is 40.6 Å². The number of carbonyl (C=O) groups is 4. The Bertz CT molecular complexity index is 1740. The third kappa shape index (κ3) is 7.30. The Balaban J connectivity index is 1.35. The summed E-state index contributed by atoms with van der Waals surface area (Å²) in [5.41, 5.74) is 5.17. The van der Waals surface area contributed by atoms with Crippen molar-refractivity contribution < 1.29 is 29.0 Å². The summed E-state index contributed by atoms with van der Waals surface area (Å²) < 4.78 is 5.53. The van der Waals surface area contributed by atoms with Gasteiger partial charge in [-0.25, -0.2) is 4.79 Å². The Kier molecular flexibility index (Phi) is 9.43. The van der Waals surface area contributed by atoms with Crippen molar-refractivity contribution >= 4 is 46.6 Å². The highest BCUT2D eigenvalue weighted by atomic mass is 16.5. The van der Waals surface area contributed by atoms with E-state index in [0.717, 1.165) is 11.1 Å². The largest absolute Gasteiger partial charge is 0.495 e. The molecule has 0 unspecified atom stereocenters. The first-order chi connectivity index (χ1) is 21.7. The molecule has 10 nitrogen and oxygen atoms in total. The van der Waals surface area contributed by atoms with E-state index in [0.29, 0.717) is 46.0 Å². The van der Waals surface area contributed by atoms with E-state index in [1.165, 1.54) is 7.11 Å². The SMILES string of the molecule is COc1cc(CC(=O)N2CCN(C(=O)c3ccccc3)c3cc(CCC(=O)O)ccc32)ccc1NC(=O)Nc1ccccc1C. The molecule has 3 N–H and O–H groups in total. The number of nitrogens with one attached hydrogen (secondary N) is 2. The van der Waals surface area contributed by atoms with E-state index in [1.807, 2.05) is 37.3 Å². The number of nitrogens with zero attached hydrogens (tertiary/aromatic N) is 2. The zero-order chi connectivity index (χ0) is 31.9. The molecule has 230 valence electrons. The Morgan fingerprint density at radius 3 is 2.20 bits per heavy atom. The van der Waals surface area contributed by atoms with Crippen molar-refractivity contribution in [3.8, 4) is 5.75 Å². The second-order valence-corrected chi connectivity index (χ2v) is 10.7. The summed E-state index contributed by atoms with van der Waals surface area (Å²) in [4.78, 5) is 54.3. The summed E-state index contributed by atoms with van der Waals surface area (Å²) in [5, 5.41) is 14.8. The van der Waals surface area contributed by atoms with Crippen LogP contribution in [0.25, 0.3) is 0 Å². The van der Waals surface area contributed by atoms with Gasteiger partial charge in [-0.1, -0.05) is 48.5 Å². The van der Waals surface area contributed by atoms with Gasteiger partial charge in [0.15, 0.2) is 0 Å². The molecule has 4 aromatic rings. The molecule has 0 aromatic heterocycles. The molecule has 1 aliphatic rings. The Labute approximate surface area is 261 Å². The third-order valence-corrected chi connectivity index (χ3v) is 7.63. The maximum Gasteiger partial charge on any atom is 0.323 e. The molecule has 4 aromatic carbocycles. The van der Waals surface area contributed by atoms with Crippen molar-refractivity contribution in [1.29, 1.82) is 0 Å². The van der Waals surface area contributed by atoms with Gasteiger partial charge in [0.1, 0.15) is 5.75 Å². The number of para-hydroxylation sites is 1. The number of carboxylic acids is 1. The highest BCUT2D eigenvalue weighted by Crippen LogP contribution is 2.36. The number of hydrogen-bond donors (Lipinski definition) is 3. The number of methoxy groups -OCH3 is 1. The highest BCUT2D eigenvalue weighted by Gasteiger charge is 2.31. The van der Waals surface area contributed by atoms with Crippen molar-refractivity contribution in [2.24, 2.45) is 0 Å². The first-order valence-electron chi connectivity index (χ1n) is 14.6. The zero-order valence-electron chi connectivity index (χ0n) is 25.1. The van der Waals surface area contributed by atoms with Crippen LogP contribution in [-0.2, 0) is 22.4 Å². The van der Waals surface area contributed by atoms with Crippen molar-refractivity contribution in [3.63, 3.8) is 0 Å². The van der Waals surface area contributed by atoms with Gasteiger partial charge < -0.3 is 30.3 Å². The number of rotatable bonds is 9. The first-order valence-corrected chi connectivity index (χ1v) is 14.6. The zero-order valence-corrected chi connectivity index (χ0v) is 25.1. The molecule has 5 rings (SSSR count). The molecule has 0 aliphatic carbocycles. The average molecular weight is 607 g/mol. The molecule has 0 radical (unpaired) electrons. The Morgan fingerprint density at radius 2 is 1.47 bits per heavy atom. The lowest BCUT2D eigenvalue weighted by atomic mass is 10.0. The standard InChI is InChI=1S/C35H34N4O6/c1-23-8-6-7-11-27(23)36-35(44)37-28-15-12-25(21-31(28)45-2)22-32(40)38-18-19-39(34(43)26-9-4-3-5-10-26)30-20-24(13-16-29(30)38)14-17-33(41)42/h3-13,15-16,20-21H,14,17-19,22H2,1-2H3,(H,41,42)(H2,36,37,44). The van der Waals surface area contributed by atoms with Crippen molar-refractivity contribution in [3.05, 3.63) is 113 Å². The van der Waals surface area contributed by atoms with Crippen LogP contribution < -0.4 is 25.2 Å². The predicted octanol–water partition coefficient (Wildman–Crippen LogP) is 5.90. The number of fused-ring (bicyclic) bond motifs is 1. The number of ether oxygens (including phenoxy) is 1. The minimum Gasteiger partial charge on any atom is -0.495 e. The summed E-state index contributed by atoms with van der Waals surface area (Å²) in [6, 6.07) is 26.5. The summed E-state index contributed by atoms with van der Waals surface area (Å²) in [6.45, 7) is 2.46. The average Bonchev–Trinajstić information content (AvgIpc) is 3.05. The molecule has 45 heavy (non-hydrogen) atoms. The first kappa shape index (κ1) is 30.8. The van der Waals surface area contributed by atoms with Crippen LogP contribution in [0.5, 0.6) is 5.75 Å². The number of carbonyl (C=O) groups excluding carboxylic acids is 3. The summed E-state index contributed by atoms with van der Waals surface area (Å²) in [6.07, 6.45) is 0.306. The van der Waals surface area contributed by atoms with Gasteiger partial charge in [-0.05, 0) is 72.5 Å². The lowest BCUT2D eigenvalue weighted by molar-refractivity contribution is -0.137. The molecule has 0 saturated carbocycles. The maximum absolute atomic E-state index is 13.7. The second kappa shape index (κ2) is 13.8. The fourth-order valence-electron chi connectivity index (χ4n) is 5.28. The summed E-state index contributed by atoms with van der Waals surface area (Å²) in [7, 11) is 1.49. The summed E-state index contributed by atoms with van der Waals surface area (Å²) in [5.74, 6) is -0.882. The third-order valence-electron chi connectivity index (χ3n) is 7.63. The quantitative estimate of drug-likeness (QED) is 0.218. The van der Waals surface area contributed by atoms with E-state index in [2.05, 4.69) is 10.6 Å². The van der Waals surface area contributed by atoms with Crippen LogP contribution in [0.4, 0.5) is 27.5 Å². The van der Waals surface area contributed by atoms with Crippen LogP contribution in [0.1, 0.15) is 33.5 Å². The molecule has 0 spiro atoms. The van der Waals surface area contributed by atoms with Crippen molar-refractivity contribution in [2.45, 2.75) is 26.2 Å². The van der Waals surface area contributed by atoms with Crippen LogP contribution in [0.2, 0.25) is 0 Å². The highest BCUT2D eigenvalue weighted by molar-refractivity contribution is 6.11. The van der Waals surface area contributed by atoms with Gasteiger partial charge in [-0.3, -0.25) is 14.4 Å². The number of urea groups is 1. The van der Waals surface area contributed by atoms with Crippen LogP contribution in [0, 0.1) is 6.92 Å². The molecule has 0 bridgehead atoms. The van der Waals surface area contributed by atoms with E-state index >= 15 is 0 Å². The molecule has 0 fully saturated rings. The topological polar surface area (TPSA) is 128 Å². The van der Waals surface area contributed by atoms with Crippen LogP contribution in [0.15, 0.2) is 91.0 Å². The minimum atomic E-state index is -0.912. The van der Waals surface area contributed by atoms with E-state index in [4.69, 9.17) is 4.74 Å². The van der Waals surface area contributed by atoms with Crippen LogP contribution >= 0.6 is 0 Å². The van der Waals surface area contributed by atoms with E-state index in [9.17, 15) is 24.3 Å². The molecule has 1 aliphatic heterocycles. The van der Waals surface area contributed by atoms with Gasteiger partial charge in [0, 0.05) is 30.8 Å². The Morgan fingerprint density at radius 1 is 0.778 bits per heavy atom. The van der Waals surface area contributed by atoms with Gasteiger partial charge in [0.2, 0.25) is 5.91 Å². The van der Waals surface area contributed by atoms with Gasteiger partial charge in [-0.15, -0.1) is 0 Å². The molecular formula is C35H34N4O6. The number of carboxylic acid groups (broad SMARTS) is 1. The normalized spacial score (nSPS) is 12.2. The Hall–Kier alpha value is -5.64. The fraction of sp³-hybridized carbons (Fsp3) is 0.200. The van der Waals surface area contributed by atoms with E-state index < -0.39 is 12.0 Å². The fourth-order valence-corrected chi connectivity index (χ4v) is 5.28. The van der Waals surface area contributed by atoms with Crippen LogP contribution in [0.3, 0.4) is 0 Å². The monoisotopic (exact) mass is 606 g/mol. The van der Waals surface area contributed by atoms with Gasteiger partial charge in [0.25, 0.3) is 5.91 Å². The molecule has 4 amide bonds. The number of hydrogen-bond acceptors (Lipinski definition) is 5. The molecule has 10 heteroatoms. The maximum atomic E-state index is 13.7. The van der Waals surface area contributed by atoms with Crippen LogP contribution in [-0.4, -0.2) is 49.1 Å². The molecule has 1 heterocycles. The number of anilines is 4. The smallest absolute Gasteiger partial charge is 0.323 e. The van der Waals surface area contributed by atoms with Gasteiger partial charge >= 0.3 is 12.0 Å². The lowest BCUT2D eigenvalue weighted by Crippen LogP contribution is -2.47. The lowest BCUT2D eigenvalue weighted by Gasteiger charge is -2.37. The summed E-state index contributed by atoms with van der Waals surface area (Å²) >= 11 is 0. The number of benzene rings is 4. The second-order valence-electron chi connectivity index (χ2n) is 10.7.